The minimum Gasteiger partial charge on any atom is -0.308 e. The van der Waals surface area contributed by atoms with Crippen molar-refractivity contribution >= 4 is 0 Å². The summed E-state index contributed by atoms with van der Waals surface area (Å²) in [5.74, 6) is 0.536. The van der Waals surface area contributed by atoms with Crippen LogP contribution in [-0.4, -0.2) is 31.6 Å². The van der Waals surface area contributed by atoms with Crippen LogP contribution in [0.2, 0.25) is 0 Å². The highest BCUT2D eigenvalue weighted by molar-refractivity contribution is 5.20. The summed E-state index contributed by atoms with van der Waals surface area (Å²) in [6.45, 7) is 7.60. The first kappa shape index (κ1) is 18.1. The summed E-state index contributed by atoms with van der Waals surface area (Å²) >= 11 is 0. The average molecular weight is 294 g/mol. The smallest absolute Gasteiger partial charge is 0.123 e. The Morgan fingerprint density at radius 2 is 1.76 bits per heavy atom. The van der Waals surface area contributed by atoms with Crippen LogP contribution >= 0.6 is 0 Å². The van der Waals surface area contributed by atoms with Gasteiger partial charge in [0.05, 0.1) is 0 Å². The van der Waals surface area contributed by atoms with Crippen molar-refractivity contribution in [1.82, 2.24) is 10.2 Å². The number of hydrogen-bond donors (Lipinski definition) is 1. The largest absolute Gasteiger partial charge is 0.308 e. The molecule has 2 atom stereocenters. The molecular weight excluding hydrogens is 263 g/mol. The van der Waals surface area contributed by atoms with Crippen LogP contribution in [0.15, 0.2) is 24.3 Å². The fourth-order valence-electron chi connectivity index (χ4n) is 3.09. The van der Waals surface area contributed by atoms with Gasteiger partial charge in [0.1, 0.15) is 5.82 Å². The van der Waals surface area contributed by atoms with Gasteiger partial charge in [0, 0.05) is 18.6 Å². The first-order chi connectivity index (χ1) is 10.0. The van der Waals surface area contributed by atoms with E-state index in [2.05, 4.69) is 45.1 Å². The van der Waals surface area contributed by atoms with Crippen molar-refractivity contribution in [1.29, 1.82) is 0 Å². The summed E-state index contributed by atoms with van der Waals surface area (Å²) in [5, 5.41) is 3.64. The van der Waals surface area contributed by atoms with Crippen LogP contribution in [0.5, 0.6) is 0 Å². The Bertz CT molecular complexity index is 402. The van der Waals surface area contributed by atoms with Crippen LogP contribution in [0.4, 0.5) is 4.39 Å². The molecule has 21 heavy (non-hydrogen) atoms. The zero-order valence-electron chi connectivity index (χ0n) is 14.2. The lowest BCUT2D eigenvalue weighted by Gasteiger charge is -2.33. The molecule has 0 radical (unpaired) electrons. The Kier molecular flexibility index (Phi) is 7.91. The predicted octanol–water partition coefficient (Wildman–Crippen LogP) is 4.23. The summed E-state index contributed by atoms with van der Waals surface area (Å²) in [7, 11) is 4.29. The Labute approximate surface area is 129 Å². The molecule has 0 saturated heterocycles. The van der Waals surface area contributed by atoms with Gasteiger partial charge in [-0.1, -0.05) is 45.7 Å². The molecule has 0 aromatic heterocycles. The summed E-state index contributed by atoms with van der Waals surface area (Å²) < 4.78 is 13.4. The molecule has 0 saturated carbocycles. The Balaban J connectivity index is 2.72. The van der Waals surface area contributed by atoms with E-state index in [-0.39, 0.29) is 11.9 Å². The lowest BCUT2D eigenvalue weighted by Crippen LogP contribution is -2.43. The van der Waals surface area contributed by atoms with Crippen LogP contribution in [0, 0.1) is 11.7 Å². The van der Waals surface area contributed by atoms with Crippen molar-refractivity contribution in [2.45, 2.75) is 52.1 Å². The van der Waals surface area contributed by atoms with Crippen molar-refractivity contribution in [3.63, 3.8) is 0 Å². The second kappa shape index (κ2) is 9.16. The quantitative estimate of drug-likeness (QED) is 0.733. The Morgan fingerprint density at radius 3 is 2.24 bits per heavy atom. The van der Waals surface area contributed by atoms with E-state index in [0.29, 0.717) is 12.0 Å². The fraction of sp³-hybridized carbons (Fsp3) is 0.667. The monoisotopic (exact) mass is 294 g/mol. The normalized spacial score (nSPS) is 14.7. The maximum atomic E-state index is 13.4. The number of halogens is 1. The molecule has 1 rings (SSSR count). The van der Waals surface area contributed by atoms with E-state index in [1.54, 1.807) is 12.1 Å². The molecule has 120 valence electrons. The highest BCUT2D eigenvalue weighted by Gasteiger charge is 2.21. The molecule has 1 aromatic carbocycles. The van der Waals surface area contributed by atoms with Crippen molar-refractivity contribution in [2.24, 2.45) is 5.92 Å². The van der Waals surface area contributed by atoms with Gasteiger partial charge in [-0.25, -0.2) is 4.39 Å². The van der Waals surface area contributed by atoms with Crippen LogP contribution < -0.4 is 5.32 Å². The number of nitrogens with zero attached hydrogens (tertiary/aromatic N) is 1. The number of rotatable bonds is 9. The van der Waals surface area contributed by atoms with E-state index in [0.717, 1.165) is 18.5 Å². The molecule has 0 aliphatic heterocycles. The third-order valence-corrected chi connectivity index (χ3v) is 4.49. The third kappa shape index (κ3) is 5.40. The molecule has 2 nitrogen and oxygen atoms in total. The van der Waals surface area contributed by atoms with Gasteiger partial charge >= 0.3 is 0 Å². The number of likely N-dealkylation sites (N-methyl/N-ethyl adjacent to an activating group) is 1. The average Bonchev–Trinajstić information content (AvgIpc) is 2.46. The van der Waals surface area contributed by atoms with Gasteiger partial charge in [-0.05, 0) is 44.1 Å². The van der Waals surface area contributed by atoms with Gasteiger partial charge < -0.3 is 10.2 Å². The van der Waals surface area contributed by atoms with Gasteiger partial charge in [-0.2, -0.15) is 0 Å². The van der Waals surface area contributed by atoms with Crippen LogP contribution in [0.3, 0.4) is 0 Å². The summed E-state index contributed by atoms with van der Waals surface area (Å²) in [6.07, 6.45) is 3.35. The van der Waals surface area contributed by atoms with Crippen molar-refractivity contribution in [2.75, 3.05) is 20.6 Å². The van der Waals surface area contributed by atoms with E-state index >= 15 is 0 Å². The zero-order valence-corrected chi connectivity index (χ0v) is 14.2. The molecule has 0 heterocycles. The molecule has 2 unspecified atom stereocenters. The number of nitrogens with one attached hydrogen (secondary N) is 1. The summed E-state index contributed by atoms with van der Waals surface area (Å²) in [4.78, 5) is 2.31. The van der Waals surface area contributed by atoms with Gasteiger partial charge in [0.15, 0.2) is 0 Å². The van der Waals surface area contributed by atoms with E-state index in [1.165, 1.54) is 18.9 Å². The Morgan fingerprint density at radius 1 is 1.10 bits per heavy atom. The molecule has 0 amide bonds. The molecule has 0 spiro atoms. The van der Waals surface area contributed by atoms with Gasteiger partial charge in [0.2, 0.25) is 0 Å². The number of benzene rings is 1. The molecule has 0 aliphatic carbocycles. The van der Waals surface area contributed by atoms with E-state index in [9.17, 15) is 4.39 Å². The second-order valence-electron chi connectivity index (χ2n) is 6.03. The minimum absolute atomic E-state index is 0.156. The summed E-state index contributed by atoms with van der Waals surface area (Å²) in [5.41, 5.74) is 1.04. The van der Waals surface area contributed by atoms with Crippen LogP contribution in [0.25, 0.3) is 0 Å². The second-order valence-corrected chi connectivity index (χ2v) is 6.03. The maximum Gasteiger partial charge on any atom is 0.123 e. The lowest BCUT2D eigenvalue weighted by molar-refractivity contribution is 0.189. The highest BCUT2D eigenvalue weighted by Crippen LogP contribution is 2.20. The topological polar surface area (TPSA) is 15.3 Å². The minimum atomic E-state index is -0.156. The molecule has 0 aliphatic rings. The molecular formula is C18H31FN2. The first-order valence-corrected chi connectivity index (χ1v) is 8.18. The standard InChI is InChI=1S/C18H31FN2/c1-6-14(7-2)18(21(4)5)13-20-17(8-3)15-10-9-11-16(19)12-15/h9-12,14,17-18,20H,6-8,13H2,1-5H3. The van der Waals surface area contributed by atoms with Crippen molar-refractivity contribution in [3.8, 4) is 0 Å². The molecule has 1 N–H and O–H groups in total. The Hall–Kier alpha value is -0.930. The van der Waals surface area contributed by atoms with Crippen molar-refractivity contribution < 1.29 is 4.39 Å². The SMILES string of the molecule is CCC(NCC(C(CC)CC)N(C)C)c1cccc(F)c1. The molecule has 1 aromatic rings. The van der Waals surface area contributed by atoms with Crippen LogP contribution in [0.1, 0.15) is 51.6 Å². The lowest BCUT2D eigenvalue weighted by atomic mass is 9.92. The van der Waals surface area contributed by atoms with Crippen LogP contribution in [-0.2, 0) is 0 Å². The fourth-order valence-corrected chi connectivity index (χ4v) is 3.09. The predicted molar refractivity (Wildman–Crippen MR) is 89.0 cm³/mol. The van der Waals surface area contributed by atoms with E-state index in [1.807, 2.05) is 6.07 Å². The summed E-state index contributed by atoms with van der Waals surface area (Å²) in [6, 6.07) is 7.68. The van der Waals surface area contributed by atoms with Crippen molar-refractivity contribution in [3.05, 3.63) is 35.6 Å². The third-order valence-electron chi connectivity index (χ3n) is 4.49. The zero-order chi connectivity index (χ0) is 15.8. The first-order valence-electron chi connectivity index (χ1n) is 8.18. The number of hydrogen-bond acceptors (Lipinski definition) is 2. The van der Waals surface area contributed by atoms with Gasteiger partial charge in [-0.15, -0.1) is 0 Å². The molecule has 3 heteroatoms. The maximum absolute atomic E-state index is 13.4. The molecule has 0 fully saturated rings. The highest BCUT2D eigenvalue weighted by atomic mass is 19.1. The van der Waals surface area contributed by atoms with E-state index < -0.39 is 0 Å². The van der Waals surface area contributed by atoms with E-state index in [4.69, 9.17) is 0 Å². The van der Waals surface area contributed by atoms with Gasteiger partial charge in [0.25, 0.3) is 0 Å². The van der Waals surface area contributed by atoms with Gasteiger partial charge in [-0.3, -0.25) is 0 Å². The molecule has 0 bridgehead atoms.